The molecule has 0 nitrogen and oxygen atoms in total. The van der Waals surface area contributed by atoms with E-state index in [0.29, 0.717) is 11.8 Å². The quantitative estimate of drug-likeness (QED) is 0.396. The van der Waals surface area contributed by atoms with E-state index in [1.165, 1.54) is 22.3 Å². The number of hydrogen-bond donors (Lipinski definition) is 0. The first-order chi connectivity index (χ1) is 8.40. The molecule has 2 aliphatic carbocycles. The van der Waals surface area contributed by atoms with Crippen molar-refractivity contribution in [3.8, 4) is 0 Å². The summed E-state index contributed by atoms with van der Waals surface area (Å²) >= 11 is 2.03. The van der Waals surface area contributed by atoms with Gasteiger partial charge in [-0.15, -0.1) is 13.8 Å². The van der Waals surface area contributed by atoms with Gasteiger partial charge in [0.2, 0.25) is 0 Å². The molecule has 0 radical (unpaired) electrons. The van der Waals surface area contributed by atoms with Crippen molar-refractivity contribution in [2.24, 2.45) is 11.8 Å². The monoisotopic (exact) mass is 352 g/mol. The zero-order valence-electron chi connectivity index (χ0n) is 16.5. The van der Waals surface area contributed by atoms with Gasteiger partial charge in [-0.2, -0.15) is 12.2 Å². The average Bonchev–Trinajstić information content (AvgIpc) is 2.74. The molecule has 0 bridgehead atoms. The molecule has 2 aliphatic rings. The topological polar surface area (TPSA) is 0 Å². The maximum atomic E-state index is 3.29. The molecule has 0 amide bonds. The van der Waals surface area contributed by atoms with Crippen molar-refractivity contribution in [3.63, 3.8) is 0 Å². The summed E-state index contributed by atoms with van der Waals surface area (Å²) in [5.74, 6) is 1.10. The molecule has 0 spiro atoms. The van der Waals surface area contributed by atoms with Crippen LogP contribution in [-0.4, -0.2) is 7.63 Å². The fourth-order valence-electron chi connectivity index (χ4n) is 1.99. The number of rotatable bonds is 0. The van der Waals surface area contributed by atoms with E-state index in [0.717, 1.165) is 0 Å². The van der Waals surface area contributed by atoms with Crippen molar-refractivity contribution in [1.82, 2.24) is 0 Å². The molecule has 2 unspecified atom stereocenters. The van der Waals surface area contributed by atoms with Gasteiger partial charge >= 0.3 is 26.8 Å². The van der Waals surface area contributed by atoms with Crippen LogP contribution in [0.3, 0.4) is 0 Å². The fourth-order valence-corrected chi connectivity index (χ4v) is 1.99. The minimum atomic E-state index is 0. The summed E-state index contributed by atoms with van der Waals surface area (Å²) in [5, 5.41) is 0. The van der Waals surface area contributed by atoms with Gasteiger partial charge in [-0.3, -0.25) is 12.2 Å². The third-order valence-electron chi connectivity index (χ3n) is 3.07. The molecular weight excluding hydrogens is 316 g/mol. The van der Waals surface area contributed by atoms with Crippen LogP contribution in [0.15, 0.2) is 34.4 Å². The molecule has 0 aromatic carbocycles. The molecule has 2 atom stereocenters. The van der Waals surface area contributed by atoms with Crippen LogP contribution >= 0.6 is 0 Å². The SMILES string of the molecule is CC1=[C-]C(C)C=C1C.CC1=[C-]C(C)C=C1C.[CH3-].[CH3-].[CH3-].[CH3-].[SiH2]=[Ti]. The summed E-state index contributed by atoms with van der Waals surface area (Å²) in [5.41, 5.74) is 5.41. The molecule has 0 saturated heterocycles. The predicted octanol–water partition coefficient (Wildman–Crippen LogP) is 5.55. The normalized spacial score (nSPS) is 20.2. The first-order valence-electron chi connectivity index (χ1n) is 6.33. The molecule has 0 saturated carbocycles. The van der Waals surface area contributed by atoms with E-state index in [-0.39, 0.29) is 29.7 Å². The Hall–Kier alpha value is -0.109. The third kappa shape index (κ3) is 12.4. The van der Waals surface area contributed by atoms with Gasteiger partial charge in [0.1, 0.15) is 0 Å². The Morgan fingerprint density at radius 3 is 1.00 bits per heavy atom. The standard InChI is InChI=1S/2C8H11.4CH3.H2Si.Ti/c2*1-6-4-7(2)8(3)5-6;;;;;;/h2*4,6H,1-3H3;4*1H3;1H2;/q6*-1;;. The molecule has 0 aromatic rings. The summed E-state index contributed by atoms with van der Waals surface area (Å²) < 4.78 is 0. The van der Waals surface area contributed by atoms with Gasteiger partial charge in [-0.25, -0.2) is 22.3 Å². The average molecular weight is 352 g/mol. The summed E-state index contributed by atoms with van der Waals surface area (Å²) in [6.07, 6.45) is 11.0. The summed E-state index contributed by atoms with van der Waals surface area (Å²) in [6, 6.07) is 0. The Morgan fingerprint density at radius 2 is 0.955 bits per heavy atom. The van der Waals surface area contributed by atoms with Crippen LogP contribution in [0.25, 0.3) is 0 Å². The van der Waals surface area contributed by atoms with Gasteiger partial charge in [0.05, 0.1) is 0 Å². The Balaban J connectivity index is -0.0000000676. The first-order valence-corrected chi connectivity index (χ1v) is 10.3. The fraction of sp³-hybridized carbons (Fsp3) is 0.400. The van der Waals surface area contributed by atoms with Gasteiger partial charge in [-0.1, -0.05) is 39.5 Å². The van der Waals surface area contributed by atoms with E-state index in [2.05, 4.69) is 65.8 Å². The molecule has 22 heavy (non-hydrogen) atoms. The Kier molecular flexibility index (Phi) is 26.3. The van der Waals surface area contributed by atoms with Crippen LogP contribution in [0, 0.1) is 53.7 Å². The summed E-state index contributed by atoms with van der Waals surface area (Å²) in [6.45, 7) is 12.8. The molecular formula is C20H36SiTi-6. The second-order valence-electron chi connectivity index (χ2n) is 4.82. The van der Waals surface area contributed by atoms with E-state index < -0.39 is 0 Å². The summed E-state index contributed by atoms with van der Waals surface area (Å²) in [7, 11) is 1.86. The van der Waals surface area contributed by atoms with Gasteiger partial charge in [0.25, 0.3) is 0 Å². The molecule has 2 rings (SSSR count). The van der Waals surface area contributed by atoms with E-state index >= 15 is 0 Å². The van der Waals surface area contributed by atoms with Crippen molar-refractivity contribution in [2.45, 2.75) is 41.5 Å². The van der Waals surface area contributed by atoms with E-state index in [1.807, 2.05) is 26.8 Å². The minimum absolute atomic E-state index is 0. The first kappa shape index (κ1) is 33.5. The summed E-state index contributed by atoms with van der Waals surface area (Å²) in [4.78, 5) is 0. The number of allylic oxidation sites excluding steroid dienone is 8. The Bertz CT molecular complexity index is 326. The van der Waals surface area contributed by atoms with Crippen LogP contribution in [0.4, 0.5) is 0 Å². The third-order valence-corrected chi connectivity index (χ3v) is 3.07. The van der Waals surface area contributed by atoms with Crippen LogP contribution in [0.5, 0.6) is 0 Å². The molecule has 0 N–H and O–H groups in total. The van der Waals surface area contributed by atoms with Crippen LogP contribution in [-0.2, 0) is 19.2 Å². The van der Waals surface area contributed by atoms with Crippen molar-refractivity contribution in [1.29, 1.82) is 0 Å². The molecule has 0 fully saturated rings. The van der Waals surface area contributed by atoms with Crippen molar-refractivity contribution < 1.29 is 19.2 Å². The molecule has 0 aliphatic heterocycles. The van der Waals surface area contributed by atoms with E-state index in [4.69, 9.17) is 0 Å². The van der Waals surface area contributed by atoms with Crippen molar-refractivity contribution >= 4 is 7.63 Å². The van der Waals surface area contributed by atoms with Crippen molar-refractivity contribution in [3.05, 3.63) is 76.3 Å². The maximum absolute atomic E-state index is 3.29. The Labute approximate surface area is 156 Å². The van der Waals surface area contributed by atoms with Gasteiger partial charge in [0.15, 0.2) is 0 Å². The molecule has 0 aromatic heterocycles. The molecule has 130 valence electrons. The van der Waals surface area contributed by atoms with Gasteiger partial charge < -0.3 is 29.7 Å². The molecule has 2 heteroatoms. The zero-order valence-corrected chi connectivity index (χ0v) is 19.5. The number of hydrogen-bond acceptors (Lipinski definition) is 0. The van der Waals surface area contributed by atoms with Gasteiger partial charge in [-0.05, 0) is 0 Å². The second-order valence-corrected chi connectivity index (χ2v) is 4.82. The Morgan fingerprint density at radius 1 is 0.727 bits per heavy atom. The van der Waals surface area contributed by atoms with Crippen LogP contribution in [0.2, 0.25) is 0 Å². The molecule has 0 heterocycles. The second kappa shape index (κ2) is 17.2. The van der Waals surface area contributed by atoms with Crippen LogP contribution < -0.4 is 0 Å². The zero-order chi connectivity index (χ0) is 14.3. The van der Waals surface area contributed by atoms with Crippen LogP contribution in [0.1, 0.15) is 41.5 Å². The van der Waals surface area contributed by atoms with Gasteiger partial charge in [0, 0.05) is 0 Å². The predicted molar refractivity (Wildman–Crippen MR) is 105 cm³/mol. The van der Waals surface area contributed by atoms with E-state index in [9.17, 15) is 0 Å². The van der Waals surface area contributed by atoms with Crippen molar-refractivity contribution in [2.75, 3.05) is 0 Å². The van der Waals surface area contributed by atoms with E-state index in [1.54, 1.807) is 0 Å².